The van der Waals surface area contributed by atoms with Crippen LogP contribution in [0.25, 0.3) is 11.1 Å². The minimum atomic E-state index is 0.0526. The van der Waals surface area contributed by atoms with Crippen molar-refractivity contribution >= 4 is 40.2 Å². The average Bonchev–Trinajstić information content (AvgIpc) is 2.89. The summed E-state index contributed by atoms with van der Waals surface area (Å²) in [5.41, 5.74) is 9.38. The normalized spacial score (nSPS) is 12.8. The van der Waals surface area contributed by atoms with Crippen molar-refractivity contribution in [2.24, 2.45) is 0 Å². The maximum Gasteiger partial charge on any atom is 0.0540 e. The quantitative estimate of drug-likeness (QED) is 0.256. The summed E-state index contributed by atoms with van der Waals surface area (Å²) in [6, 6.07) is 43.8. The molecule has 3 heteroatoms. The molecule has 0 saturated heterocycles. The monoisotopic (exact) mass is 498 g/mol. The molecule has 6 rings (SSSR count). The van der Waals surface area contributed by atoms with E-state index in [4.69, 9.17) is 0 Å². The first-order valence-electron chi connectivity index (χ1n) is 12.7. The highest BCUT2D eigenvalue weighted by Crippen LogP contribution is 2.44. The Morgan fingerprint density at radius 3 is 2.00 bits per heavy atom. The van der Waals surface area contributed by atoms with Crippen LogP contribution in [-0.4, -0.2) is 0 Å². The lowest BCUT2D eigenvalue weighted by atomic mass is 9.84. The van der Waals surface area contributed by atoms with Crippen LogP contribution in [0.15, 0.2) is 131 Å². The van der Waals surface area contributed by atoms with Gasteiger partial charge >= 0.3 is 0 Å². The van der Waals surface area contributed by atoms with Crippen molar-refractivity contribution in [2.75, 3.05) is 10.2 Å². The van der Waals surface area contributed by atoms with Gasteiger partial charge < -0.3 is 10.2 Å². The third-order valence-corrected chi connectivity index (χ3v) is 7.71. The number of nitrogens with zero attached hydrogens (tertiary/aromatic N) is 1. The van der Waals surface area contributed by atoms with Crippen LogP contribution in [0.5, 0.6) is 0 Å². The van der Waals surface area contributed by atoms with E-state index in [1.807, 2.05) is 0 Å². The highest BCUT2D eigenvalue weighted by Gasteiger charge is 2.22. The Morgan fingerprint density at radius 1 is 0.595 bits per heavy atom. The topological polar surface area (TPSA) is 15.3 Å². The smallest absolute Gasteiger partial charge is 0.0540 e. The van der Waals surface area contributed by atoms with Crippen LogP contribution in [0.3, 0.4) is 0 Å². The molecular formula is C34H30N2S. The van der Waals surface area contributed by atoms with Gasteiger partial charge in [0.2, 0.25) is 0 Å². The molecule has 0 amide bonds. The SMILES string of the molecule is CC(C)(C)c1ccc(N2c3cccc(c3)Nc3cccc(c3)Sc3cccc2c3)c(-c2ccccc2)c1. The first-order chi connectivity index (χ1) is 17.9. The lowest BCUT2D eigenvalue weighted by Gasteiger charge is -2.30. The summed E-state index contributed by atoms with van der Waals surface area (Å²) < 4.78 is 0. The van der Waals surface area contributed by atoms with Gasteiger partial charge in [0.25, 0.3) is 0 Å². The van der Waals surface area contributed by atoms with Gasteiger partial charge in [-0.15, -0.1) is 0 Å². The second-order valence-corrected chi connectivity index (χ2v) is 11.6. The van der Waals surface area contributed by atoms with Crippen LogP contribution in [0, 0.1) is 0 Å². The van der Waals surface area contributed by atoms with Gasteiger partial charge in [-0.1, -0.05) is 87.1 Å². The van der Waals surface area contributed by atoms with E-state index in [1.165, 1.54) is 26.5 Å². The number of benzene rings is 5. The van der Waals surface area contributed by atoms with Gasteiger partial charge in [0, 0.05) is 38.1 Å². The molecule has 0 radical (unpaired) electrons. The summed E-state index contributed by atoms with van der Waals surface area (Å²) in [7, 11) is 0. The molecule has 0 atom stereocenters. The summed E-state index contributed by atoms with van der Waals surface area (Å²) in [4.78, 5) is 4.81. The summed E-state index contributed by atoms with van der Waals surface area (Å²) in [6.45, 7) is 6.83. The average molecular weight is 499 g/mol. The third kappa shape index (κ3) is 4.87. The molecule has 1 aliphatic rings. The van der Waals surface area contributed by atoms with Crippen LogP contribution in [0.1, 0.15) is 26.3 Å². The fourth-order valence-corrected chi connectivity index (χ4v) is 5.75. The molecule has 1 aliphatic heterocycles. The van der Waals surface area contributed by atoms with Crippen molar-refractivity contribution in [3.63, 3.8) is 0 Å². The molecule has 0 aliphatic carbocycles. The molecule has 5 aromatic carbocycles. The molecule has 0 spiro atoms. The molecular weight excluding hydrogens is 468 g/mol. The lowest BCUT2D eigenvalue weighted by molar-refractivity contribution is 0.590. The molecule has 182 valence electrons. The summed E-state index contributed by atoms with van der Waals surface area (Å²) in [5, 5.41) is 3.62. The van der Waals surface area contributed by atoms with E-state index in [9.17, 15) is 0 Å². The maximum absolute atomic E-state index is 3.62. The van der Waals surface area contributed by atoms with Gasteiger partial charge in [-0.2, -0.15) is 0 Å². The van der Waals surface area contributed by atoms with Crippen molar-refractivity contribution in [3.8, 4) is 11.1 Å². The largest absolute Gasteiger partial charge is 0.355 e. The Kier molecular flexibility index (Phi) is 6.02. The van der Waals surface area contributed by atoms with Crippen LogP contribution in [0.4, 0.5) is 28.4 Å². The van der Waals surface area contributed by atoms with Gasteiger partial charge in [-0.3, -0.25) is 0 Å². The van der Waals surface area contributed by atoms with E-state index >= 15 is 0 Å². The Bertz CT molecular complexity index is 1500. The highest BCUT2D eigenvalue weighted by molar-refractivity contribution is 7.99. The van der Waals surface area contributed by atoms with E-state index in [0.29, 0.717) is 0 Å². The zero-order valence-corrected chi connectivity index (χ0v) is 22.2. The van der Waals surface area contributed by atoms with Crippen molar-refractivity contribution in [2.45, 2.75) is 36.0 Å². The summed E-state index contributed by atoms with van der Waals surface area (Å²) in [5.74, 6) is 0. The number of anilines is 5. The molecule has 0 fully saturated rings. The fourth-order valence-electron chi connectivity index (χ4n) is 4.82. The first-order valence-corrected chi connectivity index (χ1v) is 13.5. The number of fused-ring (bicyclic) bond motifs is 6. The molecule has 37 heavy (non-hydrogen) atoms. The van der Waals surface area contributed by atoms with E-state index in [-0.39, 0.29) is 5.41 Å². The van der Waals surface area contributed by atoms with Crippen LogP contribution in [-0.2, 0) is 5.41 Å². The van der Waals surface area contributed by atoms with Gasteiger partial charge in [0.15, 0.2) is 0 Å². The minimum absolute atomic E-state index is 0.0526. The molecule has 5 aromatic rings. The van der Waals surface area contributed by atoms with Crippen molar-refractivity contribution in [3.05, 3.63) is 127 Å². The van der Waals surface area contributed by atoms with E-state index in [0.717, 1.165) is 28.4 Å². The highest BCUT2D eigenvalue weighted by atomic mass is 32.2. The molecule has 1 heterocycles. The Morgan fingerprint density at radius 2 is 1.24 bits per heavy atom. The summed E-state index contributed by atoms with van der Waals surface area (Å²) >= 11 is 1.79. The second-order valence-electron chi connectivity index (χ2n) is 10.5. The van der Waals surface area contributed by atoms with E-state index in [2.05, 4.69) is 152 Å². The minimum Gasteiger partial charge on any atom is -0.355 e. The Hall–Kier alpha value is -3.95. The number of rotatable bonds is 2. The van der Waals surface area contributed by atoms with Gasteiger partial charge in [0.05, 0.1) is 5.69 Å². The maximum atomic E-state index is 3.62. The van der Waals surface area contributed by atoms with Crippen molar-refractivity contribution in [1.82, 2.24) is 0 Å². The van der Waals surface area contributed by atoms with Crippen LogP contribution < -0.4 is 10.2 Å². The number of hydrogen-bond donors (Lipinski definition) is 1. The van der Waals surface area contributed by atoms with Gasteiger partial charge in [-0.25, -0.2) is 0 Å². The Balaban J connectivity index is 1.61. The van der Waals surface area contributed by atoms with E-state index < -0.39 is 0 Å². The van der Waals surface area contributed by atoms with Crippen molar-refractivity contribution < 1.29 is 0 Å². The standard InChI is InChI=1S/C34H30N2S/c1-34(2,3)25-18-19-33(32(20-25)24-10-5-4-6-11-24)36-28-14-7-12-26(21-28)35-27-13-8-16-30(22-27)37-31-17-9-15-29(36)23-31/h4-23,35H,1-3H3. The van der Waals surface area contributed by atoms with Gasteiger partial charge in [0.1, 0.15) is 0 Å². The van der Waals surface area contributed by atoms with E-state index in [1.54, 1.807) is 11.8 Å². The predicted molar refractivity (Wildman–Crippen MR) is 159 cm³/mol. The van der Waals surface area contributed by atoms with Crippen LogP contribution >= 0.6 is 11.8 Å². The van der Waals surface area contributed by atoms with Crippen LogP contribution in [0.2, 0.25) is 0 Å². The van der Waals surface area contributed by atoms with Gasteiger partial charge in [-0.05, 0) is 83.3 Å². The van der Waals surface area contributed by atoms with Crippen molar-refractivity contribution in [1.29, 1.82) is 0 Å². The first kappa shape index (κ1) is 23.4. The zero-order valence-electron chi connectivity index (χ0n) is 21.4. The molecule has 0 aromatic heterocycles. The second kappa shape index (κ2) is 9.49. The molecule has 0 saturated carbocycles. The third-order valence-electron chi connectivity index (χ3n) is 6.73. The predicted octanol–water partition coefficient (Wildman–Crippen LogP) is 10.3. The molecule has 1 N–H and O–H groups in total. The summed E-state index contributed by atoms with van der Waals surface area (Å²) in [6.07, 6.45) is 0. The fraction of sp³-hybridized carbons (Fsp3) is 0.118. The zero-order chi connectivity index (χ0) is 25.4. The lowest BCUT2D eigenvalue weighted by Crippen LogP contribution is -2.15. The number of nitrogens with one attached hydrogen (secondary N) is 1. The molecule has 0 unspecified atom stereocenters. The molecule has 2 nitrogen and oxygen atoms in total. The Labute approximate surface area is 224 Å². The molecule has 6 bridgehead atoms. The number of hydrogen-bond acceptors (Lipinski definition) is 3.